The van der Waals surface area contributed by atoms with E-state index in [-0.39, 0.29) is 0 Å². The van der Waals surface area contributed by atoms with Gasteiger partial charge in [0.15, 0.2) is 0 Å². The van der Waals surface area contributed by atoms with Gasteiger partial charge in [-0.05, 0) is 18.2 Å². The average Bonchev–Trinajstić information content (AvgIpc) is 1.88. The first-order valence-corrected chi connectivity index (χ1v) is 3.17. The van der Waals surface area contributed by atoms with E-state index in [0.717, 1.165) is 0 Å². The van der Waals surface area contributed by atoms with Crippen molar-refractivity contribution in [1.82, 2.24) is 0 Å². The van der Waals surface area contributed by atoms with Gasteiger partial charge >= 0.3 is 0 Å². The molecular formula is C7H6ClO2. The lowest BCUT2D eigenvalue weighted by molar-refractivity contribution is 0.0376. The molecule has 53 valence electrons. The SMILES string of the molecule is [O]COc1cccc(Cl)c1. The van der Waals surface area contributed by atoms with Crippen LogP contribution in [0, 0.1) is 0 Å². The van der Waals surface area contributed by atoms with Crippen LogP contribution in [0.5, 0.6) is 5.75 Å². The van der Waals surface area contributed by atoms with Crippen molar-refractivity contribution in [2.45, 2.75) is 0 Å². The molecule has 1 aromatic carbocycles. The average molecular weight is 158 g/mol. The molecule has 10 heavy (non-hydrogen) atoms. The Balaban J connectivity index is 2.75. The maximum Gasteiger partial charge on any atom is 0.221 e. The van der Waals surface area contributed by atoms with Crippen LogP contribution < -0.4 is 4.74 Å². The predicted molar refractivity (Wildman–Crippen MR) is 37.6 cm³/mol. The van der Waals surface area contributed by atoms with Gasteiger partial charge in [-0.15, -0.1) is 0 Å². The van der Waals surface area contributed by atoms with Gasteiger partial charge in [0, 0.05) is 5.02 Å². The molecule has 0 aliphatic heterocycles. The third kappa shape index (κ3) is 1.90. The fourth-order valence-corrected chi connectivity index (χ4v) is 0.805. The molecule has 2 nitrogen and oxygen atoms in total. The van der Waals surface area contributed by atoms with Crippen molar-refractivity contribution in [3.63, 3.8) is 0 Å². The minimum absolute atomic E-state index is 0.516. The minimum Gasteiger partial charge on any atom is -0.465 e. The second-order valence-corrected chi connectivity index (χ2v) is 2.16. The van der Waals surface area contributed by atoms with Crippen molar-refractivity contribution in [2.75, 3.05) is 6.79 Å². The van der Waals surface area contributed by atoms with Crippen LogP contribution in [0.4, 0.5) is 0 Å². The van der Waals surface area contributed by atoms with Crippen LogP contribution in [0.2, 0.25) is 5.02 Å². The standard InChI is InChI=1S/C7H6ClO2/c8-6-2-1-3-7(4-6)10-5-9/h1-4H,5H2. The van der Waals surface area contributed by atoms with E-state index >= 15 is 0 Å². The number of rotatable bonds is 2. The smallest absolute Gasteiger partial charge is 0.221 e. The summed E-state index contributed by atoms with van der Waals surface area (Å²) in [6, 6.07) is 6.73. The first kappa shape index (κ1) is 7.38. The maximum atomic E-state index is 9.95. The summed E-state index contributed by atoms with van der Waals surface area (Å²) in [7, 11) is 0. The molecule has 1 aromatic rings. The minimum atomic E-state index is -0.569. The van der Waals surface area contributed by atoms with Crippen LogP contribution in [0.15, 0.2) is 24.3 Å². The fraction of sp³-hybridized carbons (Fsp3) is 0.143. The van der Waals surface area contributed by atoms with Gasteiger partial charge in [-0.1, -0.05) is 17.7 Å². The summed E-state index contributed by atoms with van der Waals surface area (Å²) in [5.41, 5.74) is 0. The molecule has 0 atom stereocenters. The Morgan fingerprint density at radius 2 is 2.30 bits per heavy atom. The highest BCUT2D eigenvalue weighted by Crippen LogP contribution is 2.16. The third-order valence-corrected chi connectivity index (χ3v) is 1.26. The van der Waals surface area contributed by atoms with E-state index in [1.54, 1.807) is 24.3 Å². The van der Waals surface area contributed by atoms with Crippen LogP contribution in [0.1, 0.15) is 0 Å². The summed E-state index contributed by atoms with van der Waals surface area (Å²) < 4.78 is 4.65. The second-order valence-electron chi connectivity index (χ2n) is 1.72. The van der Waals surface area contributed by atoms with Crippen LogP contribution in [0.3, 0.4) is 0 Å². The molecule has 0 fully saturated rings. The highest BCUT2D eigenvalue weighted by molar-refractivity contribution is 6.30. The largest absolute Gasteiger partial charge is 0.465 e. The zero-order chi connectivity index (χ0) is 7.40. The first-order valence-electron chi connectivity index (χ1n) is 2.79. The van der Waals surface area contributed by atoms with E-state index in [9.17, 15) is 5.11 Å². The molecule has 0 heterocycles. The Kier molecular flexibility index (Phi) is 2.54. The topological polar surface area (TPSA) is 29.1 Å². The molecule has 0 aliphatic carbocycles. The van der Waals surface area contributed by atoms with Crippen molar-refractivity contribution in [2.24, 2.45) is 0 Å². The fourth-order valence-electron chi connectivity index (χ4n) is 0.625. The van der Waals surface area contributed by atoms with Crippen molar-refractivity contribution < 1.29 is 9.84 Å². The number of ether oxygens (including phenoxy) is 1. The van der Waals surface area contributed by atoms with Gasteiger partial charge < -0.3 is 4.74 Å². The molecule has 0 N–H and O–H groups in total. The summed E-state index contributed by atoms with van der Waals surface area (Å²) in [6.07, 6.45) is 0. The third-order valence-electron chi connectivity index (χ3n) is 1.02. The molecule has 0 amide bonds. The molecule has 3 heteroatoms. The van der Waals surface area contributed by atoms with Crippen molar-refractivity contribution >= 4 is 11.6 Å². The van der Waals surface area contributed by atoms with E-state index in [2.05, 4.69) is 4.74 Å². The Hall–Kier alpha value is -0.730. The van der Waals surface area contributed by atoms with Crippen molar-refractivity contribution in [1.29, 1.82) is 0 Å². The Labute approximate surface area is 64.0 Å². The summed E-state index contributed by atoms with van der Waals surface area (Å²) in [4.78, 5) is 0. The molecule has 0 saturated heterocycles. The second kappa shape index (κ2) is 3.44. The monoisotopic (exact) mass is 157 g/mol. The van der Waals surface area contributed by atoms with Gasteiger partial charge in [0.05, 0.1) is 0 Å². The number of benzene rings is 1. The summed E-state index contributed by atoms with van der Waals surface area (Å²) in [5.74, 6) is 0.516. The van der Waals surface area contributed by atoms with Gasteiger partial charge in [-0.25, -0.2) is 0 Å². The molecule has 0 unspecified atom stereocenters. The van der Waals surface area contributed by atoms with Crippen LogP contribution in [-0.4, -0.2) is 6.79 Å². The highest BCUT2D eigenvalue weighted by Gasteiger charge is 1.91. The number of hydrogen-bond donors (Lipinski definition) is 0. The molecule has 0 aliphatic rings. The van der Waals surface area contributed by atoms with Crippen molar-refractivity contribution in [3.8, 4) is 5.75 Å². The molecule has 0 spiro atoms. The lowest BCUT2D eigenvalue weighted by Crippen LogP contribution is -1.91. The Morgan fingerprint density at radius 3 is 2.90 bits per heavy atom. The van der Waals surface area contributed by atoms with E-state index in [1.807, 2.05) is 0 Å². The van der Waals surface area contributed by atoms with E-state index in [0.29, 0.717) is 10.8 Å². The van der Waals surface area contributed by atoms with E-state index in [1.165, 1.54) is 0 Å². The van der Waals surface area contributed by atoms with E-state index < -0.39 is 6.79 Å². The van der Waals surface area contributed by atoms with Gasteiger partial charge in [0.1, 0.15) is 5.75 Å². The molecule has 1 rings (SSSR count). The molecule has 1 radical (unpaired) electrons. The Morgan fingerprint density at radius 1 is 1.50 bits per heavy atom. The molecule has 0 saturated carbocycles. The zero-order valence-electron chi connectivity index (χ0n) is 5.21. The summed E-state index contributed by atoms with van der Waals surface area (Å²) in [5, 5.41) is 10.5. The van der Waals surface area contributed by atoms with Gasteiger partial charge in [0.2, 0.25) is 6.79 Å². The molecule has 0 aromatic heterocycles. The lowest BCUT2D eigenvalue weighted by atomic mass is 10.3. The van der Waals surface area contributed by atoms with Crippen LogP contribution >= 0.6 is 11.6 Å². The molecule has 0 bridgehead atoms. The zero-order valence-corrected chi connectivity index (χ0v) is 5.97. The van der Waals surface area contributed by atoms with Gasteiger partial charge in [-0.3, -0.25) is 0 Å². The van der Waals surface area contributed by atoms with E-state index in [4.69, 9.17) is 11.6 Å². The number of halogens is 1. The van der Waals surface area contributed by atoms with Crippen molar-refractivity contribution in [3.05, 3.63) is 29.3 Å². The maximum absolute atomic E-state index is 9.95. The summed E-state index contributed by atoms with van der Waals surface area (Å²) >= 11 is 5.60. The Bertz CT molecular complexity index is 213. The van der Waals surface area contributed by atoms with Crippen LogP contribution in [0.25, 0.3) is 0 Å². The quantitative estimate of drug-likeness (QED) is 0.605. The lowest BCUT2D eigenvalue weighted by Gasteiger charge is -1.99. The highest BCUT2D eigenvalue weighted by atomic mass is 35.5. The first-order chi connectivity index (χ1) is 4.83. The predicted octanol–water partition coefficient (Wildman–Crippen LogP) is 2.11. The van der Waals surface area contributed by atoms with Gasteiger partial charge in [0.25, 0.3) is 0 Å². The normalized spacial score (nSPS) is 9.40. The molecular weight excluding hydrogens is 152 g/mol. The van der Waals surface area contributed by atoms with Crippen LogP contribution in [-0.2, 0) is 5.11 Å². The number of hydrogen-bond acceptors (Lipinski definition) is 1. The van der Waals surface area contributed by atoms with Gasteiger partial charge in [-0.2, -0.15) is 5.11 Å². The summed E-state index contributed by atoms with van der Waals surface area (Å²) in [6.45, 7) is -0.569.